The van der Waals surface area contributed by atoms with E-state index in [-0.39, 0.29) is 11.6 Å². The van der Waals surface area contributed by atoms with E-state index in [2.05, 4.69) is 4.98 Å². The van der Waals surface area contributed by atoms with Gasteiger partial charge in [0.1, 0.15) is 11.5 Å². The number of fused-ring (bicyclic) bond motifs is 4. The van der Waals surface area contributed by atoms with Crippen LogP contribution in [-0.2, 0) is 0 Å². The van der Waals surface area contributed by atoms with Gasteiger partial charge in [-0.25, -0.2) is 14.1 Å². The van der Waals surface area contributed by atoms with Gasteiger partial charge < -0.3 is 0 Å². The molecule has 0 aliphatic heterocycles. The van der Waals surface area contributed by atoms with Crippen LogP contribution in [0.3, 0.4) is 0 Å². The number of halogens is 2. The molecular formula is C23H11ClFN3OS. The van der Waals surface area contributed by atoms with Crippen LogP contribution in [0.4, 0.5) is 4.39 Å². The van der Waals surface area contributed by atoms with Crippen molar-refractivity contribution in [2.45, 2.75) is 0 Å². The largest absolute Gasteiger partial charge is 0.288 e. The van der Waals surface area contributed by atoms with E-state index < -0.39 is 0 Å². The normalized spacial score (nSPS) is 12.4. The summed E-state index contributed by atoms with van der Waals surface area (Å²) >= 11 is 7.53. The minimum Gasteiger partial charge on any atom is -0.288 e. The van der Waals surface area contributed by atoms with Gasteiger partial charge in [-0.3, -0.25) is 4.79 Å². The molecule has 0 spiro atoms. The van der Waals surface area contributed by atoms with Gasteiger partial charge >= 0.3 is 0 Å². The number of hydrogen-bond donors (Lipinski definition) is 0. The van der Waals surface area contributed by atoms with Crippen LogP contribution >= 0.6 is 22.9 Å². The highest BCUT2D eigenvalue weighted by Gasteiger charge is 2.36. The third-order valence-electron chi connectivity index (χ3n) is 5.16. The first kappa shape index (κ1) is 17.5. The number of carbonyl (C=O) groups excluding carboxylic acids is 1. The van der Waals surface area contributed by atoms with Gasteiger partial charge in [0.05, 0.1) is 21.5 Å². The van der Waals surface area contributed by atoms with Crippen molar-refractivity contribution in [1.82, 2.24) is 14.8 Å². The average Bonchev–Trinajstić information content (AvgIpc) is 3.41. The van der Waals surface area contributed by atoms with Gasteiger partial charge in [0, 0.05) is 21.7 Å². The average molecular weight is 432 g/mol. The summed E-state index contributed by atoms with van der Waals surface area (Å²) in [5.74, 6) is -0.391. The fourth-order valence-corrected chi connectivity index (χ4v) is 5.00. The van der Waals surface area contributed by atoms with Gasteiger partial charge in [0.2, 0.25) is 5.13 Å². The van der Waals surface area contributed by atoms with Crippen molar-refractivity contribution in [3.05, 3.63) is 88.7 Å². The van der Waals surface area contributed by atoms with Gasteiger partial charge in [-0.1, -0.05) is 59.3 Å². The monoisotopic (exact) mass is 431 g/mol. The summed E-state index contributed by atoms with van der Waals surface area (Å²) in [6.45, 7) is 0. The van der Waals surface area contributed by atoms with E-state index in [0.717, 1.165) is 15.8 Å². The maximum atomic E-state index is 13.7. The van der Waals surface area contributed by atoms with E-state index >= 15 is 0 Å². The number of hydrogen-bond acceptors (Lipinski definition) is 4. The van der Waals surface area contributed by atoms with Gasteiger partial charge in [0.25, 0.3) is 0 Å². The highest BCUT2D eigenvalue weighted by atomic mass is 35.5. The molecule has 0 atom stereocenters. The molecule has 1 aliphatic carbocycles. The molecule has 0 amide bonds. The Morgan fingerprint density at radius 3 is 2.63 bits per heavy atom. The second kappa shape index (κ2) is 6.32. The van der Waals surface area contributed by atoms with Crippen LogP contribution in [-0.4, -0.2) is 20.5 Å². The number of thiazole rings is 1. The van der Waals surface area contributed by atoms with Crippen molar-refractivity contribution < 1.29 is 9.18 Å². The van der Waals surface area contributed by atoms with E-state index in [1.807, 2.05) is 36.4 Å². The standard InChI is InChI=1S/C23H11ClFN3OS/c24-13-5-3-4-12(10-13)20-19-21(15-6-1-2-7-16(15)22(19)29)28(27-20)23-26-17-9-8-14(25)11-18(17)30-23/h1-11H. The molecule has 0 radical (unpaired) electrons. The molecule has 6 rings (SSSR count). The van der Waals surface area contributed by atoms with Crippen molar-refractivity contribution in [1.29, 1.82) is 0 Å². The quantitative estimate of drug-likeness (QED) is 0.330. The molecule has 5 aromatic rings. The predicted octanol–water partition coefficient (Wildman–Crippen LogP) is 6.15. The van der Waals surface area contributed by atoms with Crippen LogP contribution in [0.25, 0.3) is 37.9 Å². The molecule has 0 saturated heterocycles. The highest BCUT2D eigenvalue weighted by Crippen LogP contribution is 2.43. The number of ketones is 1. The Bertz CT molecular complexity index is 1500. The summed E-state index contributed by atoms with van der Waals surface area (Å²) in [7, 11) is 0. The first-order valence-corrected chi connectivity index (χ1v) is 10.4. The maximum absolute atomic E-state index is 13.7. The molecule has 0 saturated carbocycles. The zero-order chi connectivity index (χ0) is 20.4. The minimum absolute atomic E-state index is 0.0750. The molecular weight excluding hydrogens is 421 g/mol. The Kier molecular flexibility index (Phi) is 3.69. The SMILES string of the molecule is O=C1c2ccccc2-c2c1c(-c1cccc(Cl)c1)nn2-c1nc2ccc(F)cc2s1. The van der Waals surface area contributed by atoms with Crippen LogP contribution in [0.5, 0.6) is 0 Å². The smallest absolute Gasteiger partial charge is 0.212 e. The van der Waals surface area contributed by atoms with E-state index in [1.54, 1.807) is 22.9 Å². The van der Waals surface area contributed by atoms with Gasteiger partial charge in [-0.2, -0.15) is 5.10 Å². The van der Waals surface area contributed by atoms with Gasteiger partial charge in [-0.05, 0) is 30.3 Å². The molecule has 4 nitrogen and oxygen atoms in total. The van der Waals surface area contributed by atoms with Crippen LogP contribution in [0, 0.1) is 5.82 Å². The topological polar surface area (TPSA) is 47.8 Å². The van der Waals surface area contributed by atoms with Crippen LogP contribution in [0.2, 0.25) is 5.02 Å². The molecule has 0 bridgehead atoms. The Hall–Kier alpha value is -3.35. The third kappa shape index (κ3) is 2.47. The molecule has 0 N–H and O–H groups in total. The molecule has 3 aromatic carbocycles. The summed E-state index contributed by atoms with van der Waals surface area (Å²) in [5.41, 5.74) is 4.67. The lowest BCUT2D eigenvalue weighted by atomic mass is 10.0. The first-order valence-electron chi connectivity index (χ1n) is 9.20. The maximum Gasteiger partial charge on any atom is 0.212 e. The Morgan fingerprint density at radius 1 is 0.967 bits per heavy atom. The second-order valence-corrected chi connectivity index (χ2v) is 8.42. The lowest BCUT2D eigenvalue weighted by Gasteiger charge is -2.03. The minimum atomic E-state index is -0.316. The Balaban J connectivity index is 1.67. The fourth-order valence-electron chi connectivity index (χ4n) is 3.86. The Labute approximate surface area is 179 Å². The van der Waals surface area contributed by atoms with E-state index in [0.29, 0.717) is 38.2 Å². The Morgan fingerprint density at radius 2 is 1.80 bits per heavy atom. The van der Waals surface area contributed by atoms with Crippen molar-refractivity contribution >= 4 is 38.9 Å². The van der Waals surface area contributed by atoms with Crippen molar-refractivity contribution in [2.75, 3.05) is 0 Å². The zero-order valence-corrected chi connectivity index (χ0v) is 16.8. The summed E-state index contributed by atoms with van der Waals surface area (Å²) in [4.78, 5) is 17.9. The summed E-state index contributed by atoms with van der Waals surface area (Å²) in [5, 5.41) is 5.91. The van der Waals surface area contributed by atoms with Crippen LogP contribution in [0.15, 0.2) is 66.7 Å². The van der Waals surface area contributed by atoms with E-state index in [9.17, 15) is 9.18 Å². The molecule has 1 aliphatic rings. The molecule has 2 heterocycles. The fraction of sp³-hybridized carbons (Fsp3) is 0. The summed E-state index contributed by atoms with van der Waals surface area (Å²) < 4.78 is 16.1. The zero-order valence-electron chi connectivity index (χ0n) is 15.3. The molecule has 0 fully saturated rings. The predicted molar refractivity (Wildman–Crippen MR) is 116 cm³/mol. The van der Waals surface area contributed by atoms with Gasteiger partial charge in [-0.15, -0.1) is 0 Å². The first-order chi connectivity index (χ1) is 14.6. The van der Waals surface area contributed by atoms with Crippen molar-refractivity contribution in [3.63, 3.8) is 0 Å². The number of rotatable bonds is 2. The molecule has 30 heavy (non-hydrogen) atoms. The van der Waals surface area contributed by atoms with Crippen LogP contribution in [0.1, 0.15) is 15.9 Å². The third-order valence-corrected chi connectivity index (χ3v) is 6.39. The number of benzene rings is 3. The molecule has 144 valence electrons. The van der Waals surface area contributed by atoms with Crippen molar-refractivity contribution in [2.24, 2.45) is 0 Å². The van der Waals surface area contributed by atoms with Gasteiger partial charge in [0.15, 0.2) is 5.78 Å². The molecule has 7 heteroatoms. The lowest BCUT2D eigenvalue weighted by Crippen LogP contribution is -2.00. The number of carbonyl (C=O) groups is 1. The second-order valence-electron chi connectivity index (χ2n) is 6.98. The van der Waals surface area contributed by atoms with E-state index in [4.69, 9.17) is 16.7 Å². The van der Waals surface area contributed by atoms with Crippen molar-refractivity contribution in [3.8, 4) is 27.6 Å². The lowest BCUT2D eigenvalue weighted by molar-refractivity contribution is 0.104. The molecule has 2 aromatic heterocycles. The molecule has 0 unspecified atom stereocenters. The summed E-state index contributed by atoms with van der Waals surface area (Å²) in [6, 6.07) is 19.2. The van der Waals surface area contributed by atoms with E-state index in [1.165, 1.54) is 23.5 Å². The number of nitrogens with zero attached hydrogens (tertiary/aromatic N) is 3. The number of aromatic nitrogens is 3. The van der Waals surface area contributed by atoms with Crippen LogP contribution < -0.4 is 0 Å². The highest BCUT2D eigenvalue weighted by molar-refractivity contribution is 7.20. The summed E-state index contributed by atoms with van der Waals surface area (Å²) in [6.07, 6.45) is 0.